The van der Waals surface area contributed by atoms with Gasteiger partial charge in [-0.3, -0.25) is 10.1 Å². The first kappa shape index (κ1) is 32.6. The van der Waals surface area contributed by atoms with E-state index in [-0.39, 0.29) is 18.0 Å². The number of thioether (sulfide) groups is 1. The van der Waals surface area contributed by atoms with E-state index in [1.54, 1.807) is 0 Å². The minimum Gasteiger partial charge on any atom is -0.366 e. The fourth-order valence-electron chi connectivity index (χ4n) is 4.00. The molecule has 0 bridgehead atoms. The molecule has 1 amide bonds. The van der Waals surface area contributed by atoms with Crippen LogP contribution < -0.4 is 38.5 Å². The highest BCUT2D eigenvalue weighted by atomic mass is 32.2. The van der Waals surface area contributed by atoms with Crippen LogP contribution in [0.25, 0.3) is 0 Å². The van der Waals surface area contributed by atoms with Gasteiger partial charge in [0.25, 0.3) is 0 Å². The summed E-state index contributed by atoms with van der Waals surface area (Å²) in [5.74, 6) is 1.09. The lowest BCUT2D eigenvalue weighted by Gasteiger charge is -2.16. The Labute approximate surface area is 218 Å². The van der Waals surface area contributed by atoms with Gasteiger partial charge in [0.05, 0.1) is 6.73 Å². The van der Waals surface area contributed by atoms with Crippen molar-refractivity contribution < 1.29 is 9.53 Å². The van der Waals surface area contributed by atoms with Crippen molar-refractivity contribution in [1.29, 1.82) is 0 Å². The molecule has 0 aliphatic carbocycles. The van der Waals surface area contributed by atoms with Gasteiger partial charge in [-0.05, 0) is 90.6 Å². The van der Waals surface area contributed by atoms with E-state index in [1.807, 2.05) is 11.8 Å². The minimum absolute atomic E-state index is 0.0743. The number of nitrogens with two attached hydrogens (primary N) is 3. The second-order valence-electron chi connectivity index (χ2n) is 9.52. The van der Waals surface area contributed by atoms with E-state index >= 15 is 0 Å². The van der Waals surface area contributed by atoms with Gasteiger partial charge < -0.3 is 37.9 Å². The molecule has 1 aliphatic heterocycles. The molecule has 10 N–H and O–H groups in total. The summed E-state index contributed by atoms with van der Waals surface area (Å²) in [6, 6.07) is 0.179. The Hall–Kier alpha value is -0.460. The molecule has 0 saturated carbocycles. The van der Waals surface area contributed by atoms with Crippen molar-refractivity contribution in [2.75, 3.05) is 64.9 Å². The van der Waals surface area contributed by atoms with Crippen LogP contribution in [0.2, 0.25) is 0 Å². The molecule has 3 atom stereocenters. The Balaban J connectivity index is 1.70. The molecule has 1 aliphatic rings. The Morgan fingerprint density at radius 1 is 0.800 bits per heavy atom. The van der Waals surface area contributed by atoms with Crippen LogP contribution in [0.15, 0.2) is 0 Å². The zero-order valence-electron chi connectivity index (χ0n) is 22.0. The van der Waals surface area contributed by atoms with Crippen LogP contribution in [0.3, 0.4) is 0 Å². The second-order valence-corrected chi connectivity index (χ2v) is 10.8. The van der Waals surface area contributed by atoms with Gasteiger partial charge >= 0.3 is 0 Å². The molecular weight excluding hydrogens is 462 g/mol. The summed E-state index contributed by atoms with van der Waals surface area (Å²) < 4.78 is 5.64. The Kier molecular flexibility index (Phi) is 22.2. The maximum atomic E-state index is 12.0. The highest BCUT2D eigenvalue weighted by Crippen LogP contribution is 2.28. The van der Waals surface area contributed by atoms with E-state index < -0.39 is 0 Å². The summed E-state index contributed by atoms with van der Waals surface area (Å²) >= 11 is 1.85. The maximum Gasteiger partial charge on any atom is 0.219 e. The number of ether oxygens (including phenoxy) is 1. The van der Waals surface area contributed by atoms with Crippen LogP contribution >= 0.6 is 11.8 Å². The number of carbonyl (C=O) groups excluding carboxylic acids is 1. The molecule has 0 aromatic rings. The molecule has 10 heteroatoms. The molecular formula is C25H55N7O2S. The summed E-state index contributed by atoms with van der Waals surface area (Å²) in [6.07, 6.45) is 11.4. The number of amides is 1. The molecule has 0 aromatic carbocycles. The Morgan fingerprint density at radius 2 is 1.46 bits per heavy atom. The van der Waals surface area contributed by atoms with Gasteiger partial charge in [0.2, 0.25) is 5.91 Å². The molecule has 1 fully saturated rings. The van der Waals surface area contributed by atoms with Crippen molar-refractivity contribution in [3.63, 3.8) is 0 Å². The Bertz CT molecular complexity index is 491. The van der Waals surface area contributed by atoms with Crippen molar-refractivity contribution >= 4 is 17.7 Å². The molecule has 9 nitrogen and oxygen atoms in total. The van der Waals surface area contributed by atoms with E-state index in [1.165, 1.54) is 12.8 Å². The van der Waals surface area contributed by atoms with Gasteiger partial charge in [-0.25, -0.2) is 0 Å². The molecule has 1 heterocycles. The van der Waals surface area contributed by atoms with Crippen molar-refractivity contribution in [3.05, 3.63) is 0 Å². The summed E-state index contributed by atoms with van der Waals surface area (Å²) in [5.41, 5.74) is 17.5. The van der Waals surface area contributed by atoms with Crippen LogP contribution in [-0.4, -0.2) is 88.1 Å². The molecule has 2 unspecified atom stereocenters. The molecule has 0 radical (unpaired) electrons. The average molecular weight is 518 g/mol. The lowest BCUT2D eigenvalue weighted by molar-refractivity contribution is -0.121. The summed E-state index contributed by atoms with van der Waals surface area (Å²) in [4.78, 5) is 12.0. The monoisotopic (exact) mass is 517 g/mol. The van der Waals surface area contributed by atoms with Gasteiger partial charge in [-0.15, -0.1) is 0 Å². The van der Waals surface area contributed by atoms with Gasteiger partial charge in [-0.2, -0.15) is 11.8 Å². The zero-order chi connectivity index (χ0) is 25.4. The molecule has 35 heavy (non-hydrogen) atoms. The molecule has 1 saturated heterocycles. The number of carbonyl (C=O) groups is 1. The lowest BCUT2D eigenvalue weighted by Crippen LogP contribution is -2.43. The first-order valence-electron chi connectivity index (χ1n) is 13.9. The number of nitrogens with one attached hydrogen (secondary N) is 4. The van der Waals surface area contributed by atoms with E-state index in [0.717, 1.165) is 110 Å². The predicted octanol–water partition coefficient (Wildman–Crippen LogP) is 0.865. The normalized spacial score (nSPS) is 19.9. The molecule has 0 spiro atoms. The summed E-state index contributed by atoms with van der Waals surface area (Å²) in [5, 5.41) is 13.7. The molecule has 1 rings (SSSR count). The van der Waals surface area contributed by atoms with Gasteiger partial charge in [0.15, 0.2) is 0 Å². The van der Waals surface area contributed by atoms with Crippen LogP contribution in [0.5, 0.6) is 0 Å². The van der Waals surface area contributed by atoms with Crippen LogP contribution in [0.1, 0.15) is 70.6 Å². The van der Waals surface area contributed by atoms with E-state index in [0.29, 0.717) is 18.4 Å². The first-order valence-corrected chi connectivity index (χ1v) is 15.0. The second kappa shape index (κ2) is 23.9. The highest BCUT2D eigenvalue weighted by Gasteiger charge is 2.30. The quantitative estimate of drug-likeness (QED) is 0.0690. The van der Waals surface area contributed by atoms with Crippen LogP contribution in [0, 0.1) is 0 Å². The fourth-order valence-corrected chi connectivity index (χ4v) is 5.45. The van der Waals surface area contributed by atoms with Gasteiger partial charge in [0, 0.05) is 42.7 Å². The van der Waals surface area contributed by atoms with Crippen molar-refractivity contribution in [2.24, 2.45) is 17.2 Å². The third kappa shape index (κ3) is 19.3. The number of rotatable bonds is 25. The third-order valence-corrected chi connectivity index (χ3v) is 7.84. The van der Waals surface area contributed by atoms with E-state index in [2.05, 4.69) is 21.3 Å². The largest absolute Gasteiger partial charge is 0.366 e. The highest BCUT2D eigenvalue weighted by molar-refractivity contribution is 8.00. The third-order valence-electron chi connectivity index (χ3n) is 6.28. The molecule has 0 aromatic heterocycles. The van der Waals surface area contributed by atoms with Gasteiger partial charge in [0.1, 0.15) is 0 Å². The number of hydrogen-bond acceptors (Lipinski definition) is 9. The van der Waals surface area contributed by atoms with Crippen molar-refractivity contribution in [3.8, 4) is 0 Å². The SMILES string of the molecule is NCCCNCCCCNCCCNCOCCCCCCNC(=O)CCCC1SCC(N)[C@@H]1N. The zero-order valence-corrected chi connectivity index (χ0v) is 22.9. The first-order chi connectivity index (χ1) is 17.1. The summed E-state index contributed by atoms with van der Waals surface area (Å²) in [6.45, 7) is 8.19. The standard InChI is InChI=1S/C25H55N7O2S/c26-12-8-15-29-13-4-5-14-30-16-9-17-31-21-34-19-6-2-1-3-18-32-24(33)11-7-10-23-25(28)22(27)20-35-23/h22-23,25,29-31H,1-21,26-28H2,(H,32,33)/t22?,23?,25-/m0/s1. The van der Waals surface area contributed by atoms with E-state index in [9.17, 15) is 4.79 Å². The van der Waals surface area contributed by atoms with Crippen LogP contribution in [-0.2, 0) is 9.53 Å². The number of unbranched alkanes of at least 4 members (excludes halogenated alkanes) is 4. The smallest absolute Gasteiger partial charge is 0.219 e. The average Bonchev–Trinajstić information content (AvgIpc) is 3.17. The van der Waals surface area contributed by atoms with E-state index in [4.69, 9.17) is 21.9 Å². The summed E-state index contributed by atoms with van der Waals surface area (Å²) in [7, 11) is 0. The van der Waals surface area contributed by atoms with Crippen LogP contribution in [0.4, 0.5) is 0 Å². The van der Waals surface area contributed by atoms with Crippen molar-refractivity contribution in [2.45, 2.75) is 88.0 Å². The topological polar surface area (TPSA) is 152 Å². The maximum absolute atomic E-state index is 12.0. The molecule has 208 valence electrons. The Morgan fingerprint density at radius 3 is 2.17 bits per heavy atom. The van der Waals surface area contributed by atoms with Gasteiger partial charge in [-0.1, -0.05) is 12.8 Å². The number of hydrogen-bond donors (Lipinski definition) is 7. The lowest BCUT2D eigenvalue weighted by atomic mass is 10.0. The minimum atomic E-state index is 0.0743. The van der Waals surface area contributed by atoms with Crippen molar-refractivity contribution in [1.82, 2.24) is 21.3 Å². The fraction of sp³-hybridized carbons (Fsp3) is 0.960. The predicted molar refractivity (Wildman–Crippen MR) is 150 cm³/mol.